The van der Waals surface area contributed by atoms with Crippen LogP contribution in [0.2, 0.25) is 0 Å². The molecule has 21 heavy (non-hydrogen) atoms. The molecule has 0 aliphatic heterocycles. The first kappa shape index (κ1) is 19.7. The van der Waals surface area contributed by atoms with E-state index in [-0.39, 0.29) is 6.42 Å². The van der Waals surface area contributed by atoms with E-state index in [4.69, 9.17) is 0 Å². The van der Waals surface area contributed by atoms with Gasteiger partial charge >= 0.3 is 24.2 Å². The number of halogens is 6. The summed E-state index contributed by atoms with van der Waals surface area (Å²) >= 11 is 0. The van der Waals surface area contributed by atoms with Crippen molar-refractivity contribution in [3.05, 3.63) is 0 Å². The Bertz CT molecular complexity index is 325. The molecule has 0 aromatic carbocycles. The number of nitrogens with zero attached hydrogens (tertiary/aromatic N) is 1. The molecule has 0 bridgehead atoms. The van der Waals surface area contributed by atoms with E-state index in [1.807, 2.05) is 6.92 Å². The zero-order valence-corrected chi connectivity index (χ0v) is 11.5. The molecule has 9 heteroatoms. The van der Waals surface area contributed by atoms with Crippen molar-refractivity contribution in [2.24, 2.45) is 0 Å². The first-order valence-corrected chi connectivity index (χ1v) is 6.51. The highest BCUT2D eigenvalue weighted by atomic mass is 19.4. The van der Waals surface area contributed by atoms with E-state index < -0.39 is 35.6 Å². The Morgan fingerprint density at radius 1 is 0.762 bits per heavy atom. The molecule has 0 radical (unpaired) electrons. The van der Waals surface area contributed by atoms with Crippen molar-refractivity contribution in [3.8, 4) is 0 Å². The molecule has 0 N–H and O–H groups in total. The Kier molecular flexibility index (Phi) is 7.73. The highest BCUT2D eigenvalue weighted by Crippen LogP contribution is 2.24. The Balaban J connectivity index is 4.62. The maximum atomic E-state index is 12.2. The van der Waals surface area contributed by atoms with Crippen LogP contribution in [-0.2, 0) is 9.59 Å². The molecule has 0 unspecified atom stereocenters. The molecule has 0 aliphatic rings. The van der Waals surface area contributed by atoms with Gasteiger partial charge in [0.1, 0.15) is 0 Å². The molecule has 0 aromatic heterocycles. The van der Waals surface area contributed by atoms with Gasteiger partial charge in [-0.25, -0.2) is 0 Å². The van der Waals surface area contributed by atoms with Crippen molar-refractivity contribution in [2.45, 2.75) is 57.8 Å². The van der Waals surface area contributed by atoms with Gasteiger partial charge in [-0.3, -0.25) is 14.5 Å². The second-order valence-corrected chi connectivity index (χ2v) is 4.53. The van der Waals surface area contributed by atoms with Crippen molar-refractivity contribution in [1.82, 2.24) is 4.90 Å². The molecule has 0 heterocycles. The zero-order valence-electron chi connectivity index (χ0n) is 11.5. The number of alkyl halides is 6. The van der Waals surface area contributed by atoms with E-state index in [1.54, 1.807) is 0 Å². The maximum absolute atomic E-state index is 12.2. The van der Waals surface area contributed by atoms with E-state index in [0.717, 1.165) is 19.3 Å². The molecule has 0 saturated carbocycles. The van der Waals surface area contributed by atoms with Crippen LogP contribution in [0.3, 0.4) is 0 Å². The Labute approximate surface area is 118 Å². The SMILES string of the molecule is CCCCCCCCN(C(=O)C(F)(F)F)C(=O)C(F)(F)F. The van der Waals surface area contributed by atoms with Gasteiger partial charge < -0.3 is 0 Å². The third kappa shape index (κ3) is 7.33. The van der Waals surface area contributed by atoms with Crippen LogP contribution in [0.15, 0.2) is 0 Å². The van der Waals surface area contributed by atoms with Gasteiger partial charge in [0.05, 0.1) is 0 Å². The van der Waals surface area contributed by atoms with Crippen LogP contribution in [0.4, 0.5) is 26.3 Å². The smallest absolute Gasteiger partial charge is 0.267 e. The summed E-state index contributed by atoms with van der Waals surface area (Å²) in [5, 5.41) is 0. The molecule has 0 aromatic rings. The largest absolute Gasteiger partial charge is 0.471 e. The molecule has 0 aliphatic carbocycles. The average molecular weight is 321 g/mol. The average Bonchev–Trinajstić information content (AvgIpc) is 2.34. The predicted molar refractivity (Wildman–Crippen MR) is 62.2 cm³/mol. The lowest BCUT2D eigenvalue weighted by Gasteiger charge is -2.22. The third-order valence-corrected chi connectivity index (χ3v) is 2.71. The first-order valence-electron chi connectivity index (χ1n) is 6.51. The molecule has 0 spiro atoms. The monoisotopic (exact) mass is 321 g/mol. The van der Waals surface area contributed by atoms with Gasteiger partial charge in [0.25, 0.3) is 0 Å². The van der Waals surface area contributed by atoms with E-state index in [0.29, 0.717) is 12.8 Å². The standard InChI is InChI=1S/C12H17F6NO2/c1-2-3-4-5-6-7-8-19(9(20)11(13,14)15)10(21)12(16,17)18/h2-8H2,1H3. The summed E-state index contributed by atoms with van der Waals surface area (Å²) in [5.74, 6) is -5.56. The predicted octanol–water partition coefficient (Wildman–Crippen LogP) is 3.83. The highest BCUT2D eigenvalue weighted by molar-refractivity contribution is 6.00. The highest BCUT2D eigenvalue weighted by Gasteiger charge is 2.51. The molecule has 0 rings (SSSR count). The molecular weight excluding hydrogens is 304 g/mol. The van der Waals surface area contributed by atoms with E-state index >= 15 is 0 Å². The van der Waals surface area contributed by atoms with Gasteiger partial charge in [0, 0.05) is 6.54 Å². The minimum atomic E-state index is -5.51. The summed E-state index contributed by atoms with van der Waals surface area (Å²) in [5.41, 5.74) is 0. The van der Waals surface area contributed by atoms with Gasteiger partial charge in [-0.2, -0.15) is 26.3 Å². The van der Waals surface area contributed by atoms with Crippen LogP contribution in [0.25, 0.3) is 0 Å². The number of amides is 2. The molecule has 0 saturated heterocycles. The minimum absolute atomic E-state index is 0.0899. The lowest BCUT2D eigenvalue weighted by atomic mass is 10.1. The lowest BCUT2D eigenvalue weighted by Crippen LogP contribution is -2.50. The molecular formula is C12H17F6NO2. The van der Waals surface area contributed by atoms with E-state index in [9.17, 15) is 35.9 Å². The zero-order chi connectivity index (χ0) is 16.7. The molecule has 124 valence electrons. The van der Waals surface area contributed by atoms with E-state index in [2.05, 4.69) is 0 Å². The number of carbonyl (C=O) groups is 2. The molecule has 0 fully saturated rings. The van der Waals surface area contributed by atoms with Crippen LogP contribution < -0.4 is 0 Å². The summed E-state index contributed by atoms with van der Waals surface area (Å²) in [6.45, 7) is 1.06. The molecule has 2 amide bonds. The van der Waals surface area contributed by atoms with Crippen molar-refractivity contribution in [2.75, 3.05) is 6.54 Å². The van der Waals surface area contributed by atoms with Crippen LogP contribution in [-0.4, -0.2) is 35.6 Å². The third-order valence-electron chi connectivity index (χ3n) is 2.71. The Hall–Kier alpha value is -1.28. The van der Waals surface area contributed by atoms with Gasteiger partial charge in [0.15, 0.2) is 0 Å². The van der Waals surface area contributed by atoms with Crippen molar-refractivity contribution in [3.63, 3.8) is 0 Å². The summed E-state index contributed by atoms with van der Waals surface area (Å²) < 4.78 is 73.3. The van der Waals surface area contributed by atoms with Gasteiger partial charge in [-0.05, 0) is 6.42 Å². The fourth-order valence-electron chi connectivity index (χ4n) is 1.65. The van der Waals surface area contributed by atoms with Crippen LogP contribution in [0.1, 0.15) is 45.4 Å². The van der Waals surface area contributed by atoms with Crippen molar-refractivity contribution < 1.29 is 35.9 Å². The van der Waals surface area contributed by atoms with E-state index in [1.165, 1.54) is 0 Å². The van der Waals surface area contributed by atoms with Crippen molar-refractivity contribution >= 4 is 11.8 Å². The van der Waals surface area contributed by atoms with Crippen LogP contribution in [0, 0.1) is 0 Å². The van der Waals surface area contributed by atoms with Gasteiger partial charge in [0.2, 0.25) is 0 Å². The minimum Gasteiger partial charge on any atom is -0.267 e. The summed E-state index contributed by atoms with van der Waals surface area (Å²) in [6.07, 6.45) is -7.48. The molecule has 0 atom stereocenters. The topological polar surface area (TPSA) is 37.4 Å². The number of hydrogen-bond acceptors (Lipinski definition) is 2. The maximum Gasteiger partial charge on any atom is 0.471 e. The lowest BCUT2D eigenvalue weighted by molar-refractivity contribution is -0.204. The number of hydrogen-bond donors (Lipinski definition) is 0. The Morgan fingerprint density at radius 2 is 1.14 bits per heavy atom. The number of carbonyl (C=O) groups excluding carboxylic acids is 2. The van der Waals surface area contributed by atoms with Gasteiger partial charge in [-0.15, -0.1) is 0 Å². The number of unbranched alkanes of at least 4 members (excludes halogenated alkanes) is 5. The number of rotatable bonds is 7. The van der Waals surface area contributed by atoms with Crippen molar-refractivity contribution in [1.29, 1.82) is 0 Å². The fraction of sp³-hybridized carbons (Fsp3) is 0.833. The van der Waals surface area contributed by atoms with Crippen LogP contribution >= 0.6 is 0 Å². The summed E-state index contributed by atoms with van der Waals surface area (Å²) in [4.78, 5) is 21.0. The number of imide groups is 1. The summed E-state index contributed by atoms with van der Waals surface area (Å²) in [7, 11) is 0. The van der Waals surface area contributed by atoms with Gasteiger partial charge in [-0.1, -0.05) is 39.0 Å². The second-order valence-electron chi connectivity index (χ2n) is 4.53. The normalized spacial score (nSPS) is 12.3. The van der Waals surface area contributed by atoms with Crippen LogP contribution in [0.5, 0.6) is 0 Å². The second kappa shape index (κ2) is 8.23. The molecule has 3 nitrogen and oxygen atoms in total. The summed E-state index contributed by atoms with van der Waals surface area (Å²) in [6, 6.07) is 0. The fourth-order valence-corrected chi connectivity index (χ4v) is 1.65. The quantitative estimate of drug-likeness (QED) is 0.528. The Morgan fingerprint density at radius 3 is 1.52 bits per heavy atom. The first-order chi connectivity index (χ1) is 9.51.